The summed E-state index contributed by atoms with van der Waals surface area (Å²) >= 11 is 0. The highest BCUT2D eigenvalue weighted by molar-refractivity contribution is 5.85. The Morgan fingerprint density at radius 2 is 1.44 bits per heavy atom. The summed E-state index contributed by atoms with van der Waals surface area (Å²) in [6, 6.07) is 10.9. The first kappa shape index (κ1) is 18.0. The van der Waals surface area contributed by atoms with Gasteiger partial charge in [0.1, 0.15) is 0 Å². The van der Waals surface area contributed by atoms with Crippen LogP contribution in [0.2, 0.25) is 0 Å². The summed E-state index contributed by atoms with van der Waals surface area (Å²) in [5.41, 5.74) is 15.0. The standard InChI is InChI=1S/C24H28N/c1-14-10-16(3)22(17(4)11-14)20-8-7-9-21(24(20)25)23-18(5)12-15(2)13-19(23)6/h7-12H,13,25H2,1-6H3. The van der Waals surface area contributed by atoms with Crippen molar-refractivity contribution < 1.29 is 0 Å². The van der Waals surface area contributed by atoms with Gasteiger partial charge in [-0.3, -0.25) is 0 Å². The number of nitrogen functional groups attached to an aromatic ring is 1. The molecule has 129 valence electrons. The number of para-hydroxylation sites is 1. The van der Waals surface area contributed by atoms with E-state index in [9.17, 15) is 0 Å². The average Bonchev–Trinajstić information content (AvgIpc) is 2.48. The molecule has 0 unspecified atom stereocenters. The summed E-state index contributed by atoms with van der Waals surface area (Å²) in [7, 11) is 0. The van der Waals surface area contributed by atoms with Crippen LogP contribution in [0.1, 0.15) is 49.4 Å². The quantitative estimate of drug-likeness (QED) is 0.654. The lowest BCUT2D eigenvalue weighted by Gasteiger charge is -2.37. The van der Waals surface area contributed by atoms with Crippen LogP contribution in [0.4, 0.5) is 5.69 Å². The van der Waals surface area contributed by atoms with Gasteiger partial charge in [0, 0.05) is 17.2 Å². The predicted molar refractivity (Wildman–Crippen MR) is 109 cm³/mol. The molecule has 0 heterocycles. The first-order valence-electron chi connectivity index (χ1n) is 8.97. The lowest BCUT2D eigenvalue weighted by Crippen LogP contribution is -2.25. The lowest BCUT2D eigenvalue weighted by atomic mass is 9.66. The number of nitrogens with two attached hydrogens (primary N) is 1. The lowest BCUT2D eigenvalue weighted by molar-refractivity contribution is 0.735. The van der Waals surface area contributed by atoms with Crippen LogP contribution in [0.3, 0.4) is 0 Å². The molecular formula is C24H28N. The first-order valence-corrected chi connectivity index (χ1v) is 8.97. The molecule has 1 aliphatic carbocycles. The molecule has 1 aliphatic rings. The molecule has 2 N–H and O–H groups in total. The Labute approximate surface area is 153 Å². The van der Waals surface area contributed by atoms with E-state index in [2.05, 4.69) is 78.3 Å². The second kappa shape index (κ2) is 6.86. The average molecular weight is 330 g/mol. The molecule has 5 radical (unpaired) electrons. The number of aryl methyl sites for hydroxylation is 3. The summed E-state index contributed by atoms with van der Waals surface area (Å²) in [6.07, 6.45) is 3.32. The van der Waals surface area contributed by atoms with Crippen LogP contribution in [-0.4, -0.2) is 0 Å². The van der Waals surface area contributed by atoms with Gasteiger partial charge in [-0.15, -0.1) is 0 Å². The van der Waals surface area contributed by atoms with Crippen LogP contribution in [0.25, 0.3) is 11.1 Å². The van der Waals surface area contributed by atoms with Gasteiger partial charge >= 0.3 is 0 Å². The zero-order chi connectivity index (χ0) is 18.3. The highest BCUT2D eigenvalue weighted by Gasteiger charge is 2.35. The number of hydrogen-bond donors (Lipinski definition) is 1. The minimum Gasteiger partial charge on any atom is -0.398 e. The van der Waals surface area contributed by atoms with Crippen molar-refractivity contribution >= 4 is 5.69 Å². The molecule has 0 aliphatic heterocycles. The van der Waals surface area contributed by atoms with E-state index in [1.807, 2.05) is 0 Å². The maximum atomic E-state index is 6.71. The van der Waals surface area contributed by atoms with Crippen LogP contribution in [0.5, 0.6) is 0 Å². The Morgan fingerprint density at radius 3 is 2.04 bits per heavy atom. The normalized spacial score (nSPS) is 18.0. The van der Waals surface area contributed by atoms with E-state index in [1.165, 1.54) is 45.9 Å². The number of rotatable bonds is 2. The second-order valence-electron chi connectivity index (χ2n) is 7.55. The Kier molecular flexibility index (Phi) is 4.95. The monoisotopic (exact) mass is 330 g/mol. The maximum absolute atomic E-state index is 6.71. The molecule has 2 aromatic carbocycles. The fourth-order valence-electron chi connectivity index (χ4n) is 4.38. The van der Waals surface area contributed by atoms with Crippen molar-refractivity contribution in [1.82, 2.24) is 0 Å². The minimum atomic E-state index is 0.888. The third kappa shape index (κ3) is 3.34. The molecule has 1 heteroatoms. The van der Waals surface area contributed by atoms with Crippen LogP contribution in [0.15, 0.2) is 30.3 Å². The summed E-state index contributed by atoms with van der Waals surface area (Å²) in [5, 5.41) is 0. The Hall–Kier alpha value is -1.76. The van der Waals surface area contributed by atoms with E-state index in [1.54, 1.807) is 0 Å². The van der Waals surface area contributed by atoms with Crippen molar-refractivity contribution in [2.75, 3.05) is 5.73 Å². The zero-order valence-electron chi connectivity index (χ0n) is 16.2. The van der Waals surface area contributed by atoms with Gasteiger partial charge in [0.2, 0.25) is 0 Å². The molecule has 1 nitrogen and oxygen atoms in total. The second-order valence-corrected chi connectivity index (χ2v) is 7.55. The summed E-state index contributed by atoms with van der Waals surface area (Å²) in [5.74, 6) is 5.44. The highest BCUT2D eigenvalue weighted by Crippen LogP contribution is 2.48. The Balaban J connectivity index is 2.10. The van der Waals surface area contributed by atoms with E-state index in [4.69, 9.17) is 5.73 Å². The third-order valence-corrected chi connectivity index (χ3v) is 5.15. The molecule has 1 saturated carbocycles. The molecule has 0 saturated heterocycles. The molecule has 0 aromatic heterocycles. The summed E-state index contributed by atoms with van der Waals surface area (Å²) in [4.78, 5) is 0. The number of anilines is 1. The molecule has 25 heavy (non-hydrogen) atoms. The van der Waals surface area contributed by atoms with Gasteiger partial charge in [-0.2, -0.15) is 0 Å². The van der Waals surface area contributed by atoms with Crippen molar-refractivity contribution in [3.63, 3.8) is 0 Å². The topological polar surface area (TPSA) is 26.0 Å². The molecule has 1 fully saturated rings. The molecule has 0 atom stereocenters. The molecule has 0 bridgehead atoms. The fourth-order valence-corrected chi connectivity index (χ4v) is 4.38. The SMILES string of the molecule is C[C]1[CH][C](C)[C](c2cccc(-c3c(C)cc(C)cc3C)c2N)[C](C)C1. The molecule has 0 spiro atoms. The van der Waals surface area contributed by atoms with Gasteiger partial charge in [0.05, 0.1) is 0 Å². The summed E-state index contributed by atoms with van der Waals surface area (Å²) < 4.78 is 0. The van der Waals surface area contributed by atoms with E-state index in [0.29, 0.717) is 0 Å². The van der Waals surface area contributed by atoms with Crippen molar-refractivity contribution in [3.05, 3.63) is 82.7 Å². The maximum Gasteiger partial charge on any atom is 0.0432 e. The molecular weight excluding hydrogens is 302 g/mol. The van der Waals surface area contributed by atoms with Gasteiger partial charge in [-0.25, -0.2) is 0 Å². The van der Waals surface area contributed by atoms with E-state index in [-0.39, 0.29) is 0 Å². The van der Waals surface area contributed by atoms with Crippen LogP contribution in [0, 0.1) is 50.9 Å². The molecule has 3 rings (SSSR count). The van der Waals surface area contributed by atoms with Crippen molar-refractivity contribution in [2.45, 2.75) is 48.0 Å². The predicted octanol–water partition coefficient (Wildman–Crippen LogP) is 6.17. The van der Waals surface area contributed by atoms with Crippen LogP contribution >= 0.6 is 0 Å². The van der Waals surface area contributed by atoms with Crippen molar-refractivity contribution in [3.8, 4) is 11.1 Å². The van der Waals surface area contributed by atoms with Crippen molar-refractivity contribution in [1.29, 1.82) is 0 Å². The van der Waals surface area contributed by atoms with E-state index >= 15 is 0 Å². The van der Waals surface area contributed by atoms with Crippen LogP contribution in [-0.2, 0) is 0 Å². The smallest absolute Gasteiger partial charge is 0.0432 e. The highest BCUT2D eigenvalue weighted by atomic mass is 14.6. The summed E-state index contributed by atoms with van der Waals surface area (Å²) in [6.45, 7) is 13.1. The molecule has 2 aromatic rings. The molecule has 0 amide bonds. The largest absolute Gasteiger partial charge is 0.398 e. The third-order valence-electron chi connectivity index (χ3n) is 5.15. The van der Waals surface area contributed by atoms with E-state index in [0.717, 1.165) is 23.2 Å². The van der Waals surface area contributed by atoms with Crippen LogP contribution < -0.4 is 5.73 Å². The first-order chi connectivity index (χ1) is 11.8. The van der Waals surface area contributed by atoms with Gasteiger partial charge in [-0.05, 0) is 73.6 Å². The van der Waals surface area contributed by atoms with Gasteiger partial charge in [0.15, 0.2) is 0 Å². The van der Waals surface area contributed by atoms with E-state index < -0.39 is 0 Å². The van der Waals surface area contributed by atoms with Gasteiger partial charge in [-0.1, -0.05) is 56.7 Å². The van der Waals surface area contributed by atoms with Crippen molar-refractivity contribution in [2.24, 2.45) is 0 Å². The Bertz CT molecular complexity index is 739. The number of benzene rings is 2. The van der Waals surface area contributed by atoms with Gasteiger partial charge in [0.25, 0.3) is 0 Å². The number of hydrogen-bond acceptors (Lipinski definition) is 1. The zero-order valence-corrected chi connectivity index (χ0v) is 16.2. The van der Waals surface area contributed by atoms with Gasteiger partial charge < -0.3 is 5.73 Å². The minimum absolute atomic E-state index is 0.888. The fraction of sp³-hybridized carbons (Fsp3) is 0.292. The Morgan fingerprint density at radius 1 is 0.840 bits per heavy atom.